The zero-order valence-electron chi connectivity index (χ0n) is 11.1. The SMILES string of the molecule is COc1cccc(Sc2nc(C)cc(/C(N)=N/O)n2)c1. The van der Waals surface area contributed by atoms with E-state index in [0.29, 0.717) is 10.9 Å². The Morgan fingerprint density at radius 3 is 2.85 bits per heavy atom. The summed E-state index contributed by atoms with van der Waals surface area (Å²) in [6.45, 7) is 1.82. The zero-order valence-corrected chi connectivity index (χ0v) is 11.9. The van der Waals surface area contributed by atoms with Crippen LogP contribution in [0.4, 0.5) is 0 Å². The largest absolute Gasteiger partial charge is 0.497 e. The minimum Gasteiger partial charge on any atom is -0.497 e. The lowest BCUT2D eigenvalue weighted by Crippen LogP contribution is -2.16. The van der Waals surface area contributed by atoms with Crippen LogP contribution in [0.25, 0.3) is 0 Å². The third-order valence-electron chi connectivity index (χ3n) is 2.45. The quantitative estimate of drug-likeness (QED) is 0.294. The van der Waals surface area contributed by atoms with Gasteiger partial charge in [0.15, 0.2) is 11.0 Å². The molecule has 0 radical (unpaired) electrons. The number of hydrogen-bond donors (Lipinski definition) is 2. The Morgan fingerprint density at radius 2 is 2.15 bits per heavy atom. The standard InChI is InChI=1S/C13H14N4O2S/c1-8-6-11(12(14)17-18)16-13(15-8)20-10-5-3-4-9(7-10)19-2/h3-7,18H,1-2H3,(H2,14,17). The number of nitrogens with zero attached hydrogens (tertiary/aromatic N) is 3. The highest BCUT2D eigenvalue weighted by Gasteiger charge is 2.08. The van der Waals surface area contributed by atoms with Gasteiger partial charge in [-0.15, -0.1) is 0 Å². The number of methoxy groups -OCH3 is 1. The van der Waals surface area contributed by atoms with Crippen LogP contribution in [0, 0.1) is 6.92 Å². The first-order chi connectivity index (χ1) is 9.62. The number of rotatable bonds is 4. The number of amidine groups is 1. The van der Waals surface area contributed by atoms with E-state index in [-0.39, 0.29) is 5.84 Å². The second-order valence-electron chi connectivity index (χ2n) is 3.94. The van der Waals surface area contributed by atoms with Crippen molar-refractivity contribution >= 4 is 17.6 Å². The van der Waals surface area contributed by atoms with Crippen LogP contribution >= 0.6 is 11.8 Å². The van der Waals surface area contributed by atoms with Gasteiger partial charge in [0, 0.05) is 10.6 Å². The summed E-state index contributed by atoms with van der Waals surface area (Å²) in [5.41, 5.74) is 6.69. The minimum absolute atomic E-state index is 0.0389. The number of nitrogens with two attached hydrogens (primary N) is 1. The number of aromatic nitrogens is 2. The average Bonchev–Trinajstić information content (AvgIpc) is 2.46. The van der Waals surface area contributed by atoms with Crippen molar-refractivity contribution in [2.75, 3.05) is 7.11 Å². The van der Waals surface area contributed by atoms with Gasteiger partial charge in [-0.2, -0.15) is 0 Å². The van der Waals surface area contributed by atoms with E-state index in [1.807, 2.05) is 31.2 Å². The number of benzene rings is 1. The van der Waals surface area contributed by atoms with Crippen molar-refractivity contribution in [1.29, 1.82) is 0 Å². The van der Waals surface area contributed by atoms with Crippen molar-refractivity contribution in [3.05, 3.63) is 41.7 Å². The molecule has 104 valence electrons. The Labute approximate surface area is 120 Å². The predicted molar refractivity (Wildman–Crippen MR) is 76.4 cm³/mol. The van der Waals surface area contributed by atoms with Gasteiger partial charge in [0.05, 0.1) is 7.11 Å². The molecule has 1 heterocycles. The fourth-order valence-electron chi connectivity index (χ4n) is 1.54. The normalized spacial score (nSPS) is 11.4. The van der Waals surface area contributed by atoms with E-state index in [4.69, 9.17) is 15.7 Å². The van der Waals surface area contributed by atoms with E-state index in [1.165, 1.54) is 11.8 Å². The molecule has 7 heteroatoms. The summed E-state index contributed by atoms with van der Waals surface area (Å²) >= 11 is 1.38. The Kier molecular flexibility index (Phi) is 4.41. The maximum Gasteiger partial charge on any atom is 0.193 e. The Morgan fingerprint density at radius 1 is 1.35 bits per heavy atom. The molecule has 0 unspecified atom stereocenters. The molecule has 0 amide bonds. The molecule has 3 N–H and O–H groups in total. The maximum atomic E-state index is 8.71. The minimum atomic E-state index is -0.0389. The second-order valence-corrected chi connectivity index (χ2v) is 4.98. The van der Waals surface area contributed by atoms with Crippen LogP contribution in [0.15, 0.2) is 45.5 Å². The van der Waals surface area contributed by atoms with Gasteiger partial charge < -0.3 is 15.7 Å². The summed E-state index contributed by atoms with van der Waals surface area (Å²) in [7, 11) is 1.61. The predicted octanol–water partition coefficient (Wildman–Crippen LogP) is 2.04. The molecule has 2 rings (SSSR count). The van der Waals surface area contributed by atoms with Crippen molar-refractivity contribution in [2.24, 2.45) is 10.9 Å². The summed E-state index contributed by atoms with van der Waals surface area (Å²) in [6, 6.07) is 9.23. The fraction of sp³-hybridized carbons (Fsp3) is 0.154. The van der Waals surface area contributed by atoms with E-state index in [1.54, 1.807) is 13.2 Å². The topological polar surface area (TPSA) is 93.6 Å². The van der Waals surface area contributed by atoms with E-state index < -0.39 is 0 Å². The van der Waals surface area contributed by atoms with E-state index in [9.17, 15) is 0 Å². The first kappa shape index (κ1) is 14.1. The fourth-order valence-corrected chi connectivity index (χ4v) is 2.41. The second kappa shape index (κ2) is 6.25. The average molecular weight is 290 g/mol. The van der Waals surface area contributed by atoms with Gasteiger partial charge >= 0.3 is 0 Å². The van der Waals surface area contributed by atoms with Crippen LogP contribution in [-0.4, -0.2) is 28.1 Å². The maximum absolute atomic E-state index is 8.71. The summed E-state index contributed by atoms with van der Waals surface area (Å²) in [5, 5.41) is 12.2. The molecule has 20 heavy (non-hydrogen) atoms. The highest BCUT2D eigenvalue weighted by Crippen LogP contribution is 2.27. The first-order valence-electron chi connectivity index (χ1n) is 5.78. The monoisotopic (exact) mass is 290 g/mol. The first-order valence-corrected chi connectivity index (χ1v) is 6.59. The Hall–Kier alpha value is -2.28. The van der Waals surface area contributed by atoms with Crippen molar-refractivity contribution < 1.29 is 9.94 Å². The molecule has 1 aromatic carbocycles. The van der Waals surface area contributed by atoms with Gasteiger partial charge in [-0.25, -0.2) is 9.97 Å². The summed E-state index contributed by atoms with van der Waals surface area (Å²) in [6.07, 6.45) is 0. The number of ether oxygens (including phenoxy) is 1. The van der Waals surface area contributed by atoms with Crippen molar-refractivity contribution in [1.82, 2.24) is 9.97 Å². The van der Waals surface area contributed by atoms with Crippen LogP contribution in [0.5, 0.6) is 5.75 Å². The van der Waals surface area contributed by atoms with Crippen LogP contribution in [0.2, 0.25) is 0 Å². The molecule has 0 saturated heterocycles. The highest BCUT2D eigenvalue weighted by molar-refractivity contribution is 7.99. The van der Waals surface area contributed by atoms with E-state index in [2.05, 4.69) is 15.1 Å². The van der Waals surface area contributed by atoms with Crippen molar-refractivity contribution in [2.45, 2.75) is 17.0 Å². The lowest BCUT2D eigenvalue weighted by molar-refractivity contribution is 0.318. The third kappa shape index (κ3) is 3.39. The number of aryl methyl sites for hydroxylation is 1. The number of oxime groups is 1. The summed E-state index contributed by atoms with van der Waals surface area (Å²) in [4.78, 5) is 9.52. The molecule has 6 nitrogen and oxygen atoms in total. The van der Waals surface area contributed by atoms with Crippen LogP contribution in [0.3, 0.4) is 0 Å². The molecular formula is C13H14N4O2S. The van der Waals surface area contributed by atoms with Gasteiger partial charge in [-0.05, 0) is 43.0 Å². The lowest BCUT2D eigenvalue weighted by Gasteiger charge is -2.06. The van der Waals surface area contributed by atoms with Gasteiger partial charge in [-0.3, -0.25) is 0 Å². The van der Waals surface area contributed by atoms with Gasteiger partial charge in [0.2, 0.25) is 0 Å². The third-order valence-corrected chi connectivity index (χ3v) is 3.31. The van der Waals surface area contributed by atoms with Crippen LogP contribution < -0.4 is 10.5 Å². The molecule has 1 aromatic heterocycles. The summed E-state index contributed by atoms with van der Waals surface area (Å²) < 4.78 is 5.17. The Bertz CT molecular complexity index is 646. The van der Waals surface area contributed by atoms with Crippen LogP contribution in [0.1, 0.15) is 11.4 Å². The molecule has 0 spiro atoms. The van der Waals surface area contributed by atoms with Crippen molar-refractivity contribution in [3.8, 4) is 5.75 Å². The van der Waals surface area contributed by atoms with Gasteiger partial charge in [-0.1, -0.05) is 11.2 Å². The van der Waals surface area contributed by atoms with E-state index in [0.717, 1.165) is 16.3 Å². The molecule has 0 atom stereocenters. The molecule has 0 aliphatic carbocycles. The molecule has 0 saturated carbocycles. The van der Waals surface area contributed by atoms with Gasteiger partial charge in [0.1, 0.15) is 11.4 Å². The molecule has 0 fully saturated rings. The zero-order chi connectivity index (χ0) is 14.5. The lowest BCUT2D eigenvalue weighted by atomic mass is 10.3. The van der Waals surface area contributed by atoms with Gasteiger partial charge in [0.25, 0.3) is 0 Å². The summed E-state index contributed by atoms with van der Waals surface area (Å²) in [5.74, 6) is 0.724. The molecule has 0 aliphatic heterocycles. The molecule has 0 bridgehead atoms. The number of hydrogen-bond acceptors (Lipinski definition) is 6. The molecule has 2 aromatic rings. The Balaban J connectivity index is 2.31. The van der Waals surface area contributed by atoms with Crippen LogP contribution in [-0.2, 0) is 0 Å². The van der Waals surface area contributed by atoms with Crippen molar-refractivity contribution in [3.63, 3.8) is 0 Å². The molecule has 0 aliphatic rings. The smallest absolute Gasteiger partial charge is 0.193 e. The van der Waals surface area contributed by atoms with E-state index >= 15 is 0 Å². The molecular weight excluding hydrogens is 276 g/mol. The highest BCUT2D eigenvalue weighted by atomic mass is 32.2.